The van der Waals surface area contributed by atoms with E-state index >= 15 is 0 Å². The Kier molecular flexibility index (Phi) is 38.3. The number of nitrogens with zero attached hydrogens (tertiary/aromatic N) is 4. The standard InChI is InChI=1S/C80H121N13O17S/c1-15-50(8)69(60(108-13)44-64(96)92-41-26-32-59(92)71(109-14)51(9)73(100)84-52(10)70(98)55-29-21-17-22-30-55)90(11)78(105)67(48(4)5)89-76(103)68(49(6)7)91(12)80(107)110-46-54-34-36-56(37-35-54)85-74(101)57(31-25-39-83-79(82)106)87-75(102)66(47(2)3)88-62(94)33-23-18-24-40-93-65(97)45-61(77(93)104)111-42-38-63(95)86-58(72(81)99)43-53-27-19-16-20-28-53/h16-17,19-22,27-30,34-37,47-52,57-61,66-71,98H,15,18,23-26,31-33,38-46H2,1-14H3,(H2,81,99)(H,84,100)(H,85,101)(H,86,95)(H,87,102)(H,88,94)(H,89,103)(H3,82,83,106)/t50-,51+,52+,57-,58+,59-,60+,61?,66-,67-,68-,69?,70+,71+/m0/s1. The molecule has 2 unspecified atom stereocenters. The lowest BCUT2D eigenvalue weighted by Gasteiger charge is -2.41. The van der Waals surface area contributed by atoms with Gasteiger partial charge in [0.2, 0.25) is 65.0 Å². The second-order valence-corrected chi connectivity index (χ2v) is 31.3. The highest BCUT2D eigenvalue weighted by atomic mass is 32.2. The van der Waals surface area contributed by atoms with Crippen LogP contribution in [0.1, 0.15) is 169 Å². The van der Waals surface area contributed by atoms with E-state index in [9.17, 15) is 67.4 Å². The van der Waals surface area contributed by atoms with E-state index in [4.69, 9.17) is 25.7 Å². The quantitative estimate of drug-likeness (QED) is 0.0242. The van der Waals surface area contributed by atoms with Crippen molar-refractivity contribution in [2.45, 2.75) is 231 Å². The molecule has 2 saturated heterocycles. The number of ether oxygens (including phenoxy) is 3. The molecule has 0 saturated carbocycles. The van der Waals surface area contributed by atoms with Crippen LogP contribution in [0, 0.1) is 29.6 Å². The summed E-state index contributed by atoms with van der Waals surface area (Å²) < 4.78 is 17.8. The number of carbonyl (C=O) groups is 13. The third-order valence-electron chi connectivity index (χ3n) is 20.6. The SMILES string of the molecule is CC[C@H](C)C([C@@H](CC(=O)N1CCC[C@H]1[C@H](OC)[C@@H](C)C(=O)N[C@H](C)[C@@H](O)c1ccccc1)OC)N(C)C(=O)[C@@H](NC(=O)[C@H](C(C)C)N(C)C(=O)OCc1ccc(NC(=O)[C@H](CCCNC(N)=O)NC(=O)[C@@H](NC(=O)CCCCCN2C(=O)CC(SCCC(=O)N[C@H](Cc3ccccc3)C(N)=O)C2=O)C(C)C)cc1)C(C)C. The Morgan fingerprint density at radius 3 is 1.90 bits per heavy atom. The lowest BCUT2D eigenvalue weighted by atomic mass is 9.89. The van der Waals surface area contributed by atoms with Crippen LogP contribution >= 0.6 is 11.8 Å². The Balaban J connectivity index is 1.12. The zero-order valence-corrected chi connectivity index (χ0v) is 67.8. The minimum absolute atomic E-state index is 0.00309. The van der Waals surface area contributed by atoms with Gasteiger partial charge >= 0.3 is 12.1 Å². The molecule has 2 aliphatic heterocycles. The largest absolute Gasteiger partial charge is 0.445 e. The van der Waals surface area contributed by atoms with Gasteiger partial charge < -0.3 is 77.8 Å². The molecule has 2 heterocycles. The van der Waals surface area contributed by atoms with Gasteiger partial charge in [-0.1, -0.05) is 148 Å². The minimum Gasteiger partial charge on any atom is -0.445 e. The Morgan fingerprint density at radius 2 is 1.31 bits per heavy atom. The minimum atomic E-state index is -1.16. The molecule has 0 aromatic heterocycles. The highest BCUT2D eigenvalue weighted by Crippen LogP contribution is 2.32. The zero-order valence-electron chi connectivity index (χ0n) is 67.0. The van der Waals surface area contributed by atoms with Crippen molar-refractivity contribution in [3.8, 4) is 0 Å². The lowest BCUT2D eigenvalue weighted by molar-refractivity contribution is -0.148. The number of hydrogen-bond donors (Lipinski definition) is 10. The van der Waals surface area contributed by atoms with Crippen LogP contribution in [0.4, 0.5) is 15.3 Å². The van der Waals surface area contributed by atoms with Gasteiger partial charge in [-0.3, -0.25) is 62.5 Å². The molecule has 0 bridgehead atoms. The van der Waals surface area contributed by atoms with Gasteiger partial charge in [0.05, 0.1) is 54.0 Å². The fourth-order valence-electron chi connectivity index (χ4n) is 14.1. The zero-order chi connectivity index (χ0) is 82.3. The smallest absolute Gasteiger partial charge is 0.410 e. The molecule has 14 amide bonds. The Labute approximate surface area is 657 Å². The van der Waals surface area contributed by atoms with Crippen molar-refractivity contribution in [2.24, 2.45) is 41.1 Å². The van der Waals surface area contributed by atoms with Crippen LogP contribution in [0.3, 0.4) is 0 Å². The number of aliphatic hydroxyl groups excluding tert-OH is 1. The molecular formula is C80H121N13O17S. The number of unbranched alkanes of at least 4 members (excludes halogenated alkanes) is 2. The number of methoxy groups -OCH3 is 2. The van der Waals surface area contributed by atoms with Gasteiger partial charge in [-0.2, -0.15) is 0 Å². The number of primary amides is 2. The third kappa shape index (κ3) is 28.2. The number of anilines is 1. The Morgan fingerprint density at radius 1 is 0.667 bits per heavy atom. The number of imide groups is 1. The molecule has 0 spiro atoms. The van der Waals surface area contributed by atoms with E-state index in [0.29, 0.717) is 61.9 Å². The molecule has 30 nitrogen and oxygen atoms in total. The van der Waals surface area contributed by atoms with Crippen molar-refractivity contribution < 1.29 is 81.6 Å². The van der Waals surface area contributed by atoms with Gasteiger partial charge in [0.15, 0.2) is 0 Å². The molecule has 3 aromatic carbocycles. The molecule has 614 valence electrons. The summed E-state index contributed by atoms with van der Waals surface area (Å²) in [6, 6.07) is 16.7. The maximum atomic E-state index is 14.9. The second kappa shape index (κ2) is 46.0. The number of nitrogens with two attached hydrogens (primary N) is 2. The Hall–Kier alpha value is -9.20. The molecule has 31 heteroatoms. The molecule has 0 aliphatic carbocycles. The fourth-order valence-corrected chi connectivity index (χ4v) is 15.2. The molecule has 2 fully saturated rings. The van der Waals surface area contributed by atoms with Gasteiger partial charge in [-0.15, -0.1) is 11.8 Å². The van der Waals surface area contributed by atoms with Gasteiger partial charge in [0.25, 0.3) is 0 Å². The number of likely N-dealkylation sites (tertiary alicyclic amines) is 2. The van der Waals surface area contributed by atoms with Crippen LogP contribution in [0.2, 0.25) is 0 Å². The number of rotatable bonds is 46. The molecule has 2 aliphatic rings. The van der Waals surface area contributed by atoms with Crippen molar-refractivity contribution in [2.75, 3.05) is 59.0 Å². The van der Waals surface area contributed by atoms with E-state index in [1.54, 1.807) is 109 Å². The first-order chi connectivity index (χ1) is 52.6. The van der Waals surface area contributed by atoms with Crippen molar-refractivity contribution in [3.05, 3.63) is 102 Å². The summed E-state index contributed by atoms with van der Waals surface area (Å²) in [5.41, 5.74) is 13.1. The molecule has 0 radical (unpaired) electrons. The maximum absolute atomic E-state index is 14.9. The van der Waals surface area contributed by atoms with Crippen molar-refractivity contribution in [1.82, 2.24) is 51.5 Å². The highest BCUT2D eigenvalue weighted by Gasteiger charge is 2.45. The number of aliphatic hydroxyl groups is 1. The average molecular weight is 1570 g/mol. The average Bonchev–Trinajstić information content (AvgIpc) is 1.72. The summed E-state index contributed by atoms with van der Waals surface area (Å²) in [5.74, 6) is -7.07. The van der Waals surface area contributed by atoms with Crippen LogP contribution in [-0.2, 0) is 80.0 Å². The number of urea groups is 1. The summed E-state index contributed by atoms with van der Waals surface area (Å²) >= 11 is 1.19. The number of thioether (sulfide) groups is 1. The van der Waals surface area contributed by atoms with Crippen LogP contribution in [0.5, 0.6) is 0 Å². The van der Waals surface area contributed by atoms with Crippen LogP contribution in [0.15, 0.2) is 84.9 Å². The molecule has 5 rings (SSSR count). The summed E-state index contributed by atoms with van der Waals surface area (Å²) in [5, 5.41) is 29.7. The van der Waals surface area contributed by atoms with E-state index in [-0.39, 0.29) is 99.9 Å². The van der Waals surface area contributed by atoms with Gasteiger partial charge in [-0.05, 0) is 97.9 Å². The second-order valence-electron chi connectivity index (χ2n) is 30.0. The van der Waals surface area contributed by atoms with Gasteiger partial charge in [0, 0.05) is 85.1 Å². The van der Waals surface area contributed by atoms with Gasteiger partial charge in [0.1, 0.15) is 36.8 Å². The molecular weight excluding hydrogens is 1450 g/mol. The van der Waals surface area contributed by atoms with Crippen LogP contribution in [-0.4, -0.2) is 221 Å². The summed E-state index contributed by atoms with van der Waals surface area (Å²) in [7, 11) is 6.06. The van der Waals surface area contributed by atoms with Crippen molar-refractivity contribution >= 4 is 94.6 Å². The van der Waals surface area contributed by atoms with E-state index < -0.39 is 149 Å². The van der Waals surface area contributed by atoms with E-state index in [1.807, 2.05) is 62.4 Å². The number of benzene rings is 3. The summed E-state index contributed by atoms with van der Waals surface area (Å²) in [6.45, 7) is 18.4. The molecule has 12 N–H and O–H groups in total. The first-order valence-electron chi connectivity index (χ1n) is 38.6. The fraction of sp³-hybridized carbons (Fsp3) is 0.613. The first kappa shape index (κ1) is 92.4. The maximum Gasteiger partial charge on any atom is 0.410 e. The first-order valence-corrected chi connectivity index (χ1v) is 39.7. The summed E-state index contributed by atoms with van der Waals surface area (Å²) in [6.07, 6.45) is 0.274. The van der Waals surface area contributed by atoms with Crippen molar-refractivity contribution in [3.63, 3.8) is 0 Å². The highest BCUT2D eigenvalue weighted by molar-refractivity contribution is 8.00. The summed E-state index contributed by atoms with van der Waals surface area (Å²) in [4.78, 5) is 181. The normalized spacial score (nSPS) is 17.5. The lowest BCUT2D eigenvalue weighted by Crippen LogP contribution is -2.60. The van der Waals surface area contributed by atoms with Crippen LogP contribution in [0.25, 0.3) is 0 Å². The number of amides is 14. The van der Waals surface area contributed by atoms with E-state index in [1.165, 1.54) is 42.8 Å². The van der Waals surface area contributed by atoms with E-state index in [0.717, 1.165) is 5.56 Å². The number of nitrogens with one attached hydrogen (secondary N) is 7. The van der Waals surface area contributed by atoms with Gasteiger partial charge in [-0.25, -0.2) is 9.59 Å². The molecule has 3 aromatic rings. The number of carbonyl (C=O) groups excluding carboxylic acids is 13. The van der Waals surface area contributed by atoms with E-state index in [2.05, 4.69) is 37.2 Å². The predicted molar refractivity (Wildman–Crippen MR) is 421 cm³/mol. The monoisotopic (exact) mass is 1570 g/mol. The van der Waals surface area contributed by atoms with Crippen LogP contribution < -0.4 is 48.7 Å². The number of hydrogen-bond acceptors (Lipinski definition) is 18. The molecule has 111 heavy (non-hydrogen) atoms. The molecule has 14 atom stereocenters. The topological polar surface area (TPSA) is 419 Å². The third-order valence-corrected chi connectivity index (χ3v) is 21.8. The predicted octanol–water partition coefficient (Wildman–Crippen LogP) is 5.62. The van der Waals surface area contributed by atoms with Crippen molar-refractivity contribution in [1.29, 1.82) is 0 Å². The Bertz CT molecular complexity index is 3580. The number of likely N-dealkylation sites (N-methyl/N-ethyl adjacent to an activating group) is 2.